The van der Waals surface area contributed by atoms with Gasteiger partial charge in [0.1, 0.15) is 5.54 Å². The lowest BCUT2D eigenvalue weighted by atomic mass is 9.82. The molecule has 0 bridgehead atoms. The van der Waals surface area contributed by atoms with Crippen molar-refractivity contribution in [2.24, 2.45) is 0 Å². The molecule has 10 heteroatoms. The van der Waals surface area contributed by atoms with Gasteiger partial charge in [0.15, 0.2) is 0 Å². The average molecular weight is 423 g/mol. The third-order valence-corrected chi connectivity index (χ3v) is 7.61. The molecule has 2 fully saturated rings. The number of urea groups is 1. The molecule has 9 nitrogen and oxygen atoms in total. The van der Waals surface area contributed by atoms with Crippen molar-refractivity contribution >= 4 is 27.9 Å². The van der Waals surface area contributed by atoms with Crippen molar-refractivity contribution in [3.63, 3.8) is 0 Å². The summed E-state index contributed by atoms with van der Waals surface area (Å²) in [5, 5.41) is 3.41. The van der Waals surface area contributed by atoms with Gasteiger partial charge in [-0.2, -0.15) is 9.31 Å². The maximum absolute atomic E-state index is 12.8. The minimum Gasteiger partial charge on any atom is -0.322 e. The third-order valence-electron chi connectivity index (χ3n) is 5.58. The zero-order valence-corrected chi connectivity index (χ0v) is 17.6. The summed E-state index contributed by atoms with van der Waals surface area (Å²) in [6, 6.07) is 4.58. The minimum absolute atomic E-state index is 0.0356. The number of carbonyl (C=O) groups is 3. The smallest absolute Gasteiger partial charge is 0.322 e. The second kappa shape index (κ2) is 7.75. The quantitative estimate of drug-likeness (QED) is 0.700. The van der Waals surface area contributed by atoms with Gasteiger partial charge in [0.25, 0.3) is 11.8 Å². The molecule has 1 aromatic carbocycles. The summed E-state index contributed by atoms with van der Waals surface area (Å²) in [7, 11) is -2.31. The van der Waals surface area contributed by atoms with E-state index >= 15 is 0 Å². The first-order valence-corrected chi connectivity index (χ1v) is 11.1. The van der Waals surface area contributed by atoms with E-state index in [9.17, 15) is 22.8 Å². The molecule has 1 aliphatic heterocycles. The van der Waals surface area contributed by atoms with Gasteiger partial charge in [-0.1, -0.05) is 25.3 Å². The fraction of sp³-hybridized carbons (Fsp3) is 0.526. The molecule has 4 amide bonds. The summed E-state index contributed by atoms with van der Waals surface area (Å²) in [6.07, 6.45) is 3.75. The van der Waals surface area contributed by atoms with Crippen LogP contribution in [0.5, 0.6) is 0 Å². The number of sulfonamides is 1. The third kappa shape index (κ3) is 3.86. The van der Waals surface area contributed by atoms with Crippen LogP contribution in [0.2, 0.25) is 0 Å². The number of hydrazine groups is 1. The highest BCUT2D eigenvalue weighted by Crippen LogP contribution is 2.33. The molecule has 0 atom stereocenters. The Kier molecular flexibility index (Phi) is 5.68. The Morgan fingerprint density at radius 2 is 1.86 bits per heavy atom. The summed E-state index contributed by atoms with van der Waals surface area (Å²) < 4.78 is 26.5. The Labute approximate surface area is 170 Å². The molecule has 2 N–H and O–H groups in total. The van der Waals surface area contributed by atoms with E-state index in [2.05, 4.69) is 10.7 Å². The number of amides is 4. The molecule has 1 saturated heterocycles. The van der Waals surface area contributed by atoms with Crippen molar-refractivity contribution in [3.8, 4) is 0 Å². The van der Waals surface area contributed by atoms with Gasteiger partial charge in [-0.3, -0.25) is 15.0 Å². The number of carbonyl (C=O) groups excluding carboxylic acids is 3. The van der Waals surface area contributed by atoms with E-state index in [0.717, 1.165) is 19.3 Å². The molecule has 0 aromatic heterocycles. The molecular weight excluding hydrogens is 396 g/mol. The topological polar surface area (TPSA) is 116 Å². The number of rotatable bonds is 5. The number of nitrogens with one attached hydrogen (secondary N) is 2. The molecule has 1 aromatic rings. The Morgan fingerprint density at radius 3 is 2.48 bits per heavy atom. The van der Waals surface area contributed by atoms with Crippen molar-refractivity contribution in [2.45, 2.75) is 62.4 Å². The normalized spacial score (nSPS) is 19.1. The SMILES string of the molecule is CC(C)N(C)S(=O)(=O)c1cccc(C(=O)NN2C(=O)NC3(CCCCC3)C2=O)c1. The molecule has 1 spiro atoms. The van der Waals surface area contributed by atoms with Crippen molar-refractivity contribution < 1.29 is 22.8 Å². The predicted octanol–water partition coefficient (Wildman–Crippen LogP) is 1.61. The van der Waals surface area contributed by atoms with E-state index in [1.54, 1.807) is 13.8 Å². The van der Waals surface area contributed by atoms with Gasteiger partial charge >= 0.3 is 6.03 Å². The van der Waals surface area contributed by atoms with Gasteiger partial charge in [-0.25, -0.2) is 13.2 Å². The lowest BCUT2D eigenvalue weighted by Gasteiger charge is -2.30. The number of hydrogen-bond acceptors (Lipinski definition) is 5. The molecule has 1 aliphatic carbocycles. The monoisotopic (exact) mass is 422 g/mol. The van der Waals surface area contributed by atoms with Gasteiger partial charge in [0, 0.05) is 18.7 Å². The van der Waals surface area contributed by atoms with E-state index in [1.807, 2.05) is 0 Å². The van der Waals surface area contributed by atoms with Crippen LogP contribution in [-0.2, 0) is 14.8 Å². The molecular formula is C19H26N4O5S. The molecule has 29 heavy (non-hydrogen) atoms. The second-order valence-corrected chi connectivity index (χ2v) is 9.79. The summed E-state index contributed by atoms with van der Waals surface area (Å²) >= 11 is 0. The van der Waals surface area contributed by atoms with Crippen LogP contribution in [0.25, 0.3) is 0 Å². The number of benzene rings is 1. The van der Waals surface area contributed by atoms with E-state index in [1.165, 1.54) is 35.6 Å². The van der Waals surface area contributed by atoms with Gasteiger partial charge in [-0.05, 0) is 44.9 Å². The van der Waals surface area contributed by atoms with Crippen LogP contribution in [0.3, 0.4) is 0 Å². The zero-order chi connectivity index (χ0) is 21.4. The molecule has 0 unspecified atom stereocenters. The maximum Gasteiger partial charge on any atom is 0.344 e. The standard InChI is InChI=1S/C19H26N4O5S/c1-13(2)22(3)29(27,28)15-9-7-8-14(12-15)16(24)21-23-17(25)19(20-18(23)26)10-5-4-6-11-19/h7-9,12-13H,4-6,10-11H2,1-3H3,(H,20,26)(H,21,24). The Balaban J connectivity index is 1.80. The van der Waals surface area contributed by atoms with Gasteiger partial charge in [0.05, 0.1) is 4.90 Å². The molecule has 1 saturated carbocycles. The van der Waals surface area contributed by atoms with E-state index in [4.69, 9.17) is 0 Å². The highest BCUT2D eigenvalue weighted by molar-refractivity contribution is 7.89. The average Bonchev–Trinajstić information content (AvgIpc) is 2.91. The lowest BCUT2D eigenvalue weighted by Crippen LogP contribution is -2.50. The first-order valence-electron chi connectivity index (χ1n) is 9.64. The van der Waals surface area contributed by atoms with Crippen molar-refractivity contribution in [2.75, 3.05) is 7.05 Å². The van der Waals surface area contributed by atoms with Crippen molar-refractivity contribution in [1.29, 1.82) is 0 Å². The van der Waals surface area contributed by atoms with Crippen LogP contribution in [0.4, 0.5) is 4.79 Å². The molecule has 158 valence electrons. The van der Waals surface area contributed by atoms with Crippen LogP contribution in [0.1, 0.15) is 56.3 Å². The number of imide groups is 1. The highest BCUT2D eigenvalue weighted by Gasteiger charge is 2.52. The summed E-state index contributed by atoms with van der Waals surface area (Å²) in [4.78, 5) is 37.7. The lowest BCUT2D eigenvalue weighted by molar-refractivity contribution is -0.134. The van der Waals surface area contributed by atoms with Gasteiger partial charge in [-0.15, -0.1) is 0 Å². The van der Waals surface area contributed by atoms with E-state index in [-0.39, 0.29) is 16.5 Å². The fourth-order valence-electron chi connectivity index (χ4n) is 3.62. The molecule has 0 radical (unpaired) electrons. The Bertz CT molecular complexity index is 938. The zero-order valence-electron chi connectivity index (χ0n) is 16.8. The van der Waals surface area contributed by atoms with Crippen LogP contribution < -0.4 is 10.7 Å². The van der Waals surface area contributed by atoms with E-state index in [0.29, 0.717) is 17.9 Å². The van der Waals surface area contributed by atoms with Crippen LogP contribution in [-0.4, -0.2) is 54.2 Å². The highest BCUT2D eigenvalue weighted by atomic mass is 32.2. The second-order valence-electron chi connectivity index (χ2n) is 7.80. The van der Waals surface area contributed by atoms with Crippen LogP contribution >= 0.6 is 0 Å². The van der Waals surface area contributed by atoms with Crippen LogP contribution in [0, 0.1) is 0 Å². The fourth-order valence-corrected chi connectivity index (χ4v) is 5.04. The Hall–Kier alpha value is -2.46. The first-order chi connectivity index (χ1) is 13.6. The number of hydrogen-bond donors (Lipinski definition) is 2. The largest absolute Gasteiger partial charge is 0.344 e. The molecule has 1 heterocycles. The molecule has 2 aliphatic rings. The summed E-state index contributed by atoms with van der Waals surface area (Å²) in [6.45, 7) is 3.49. The summed E-state index contributed by atoms with van der Waals surface area (Å²) in [5.41, 5.74) is 1.41. The Morgan fingerprint density at radius 1 is 1.21 bits per heavy atom. The predicted molar refractivity (Wildman–Crippen MR) is 105 cm³/mol. The summed E-state index contributed by atoms with van der Waals surface area (Å²) in [5.74, 6) is -1.20. The first kappa shape index (κ1) is 21.3. The minimum atomic E-state index is -3.77. The van der Waals surface area contributed by atoms with Crippen molar-refractivity contribution in [1.82, 2.24) is 20.1 Å². The van der Waals surface area contributed by atoms with Gasteiger partial charge < -0.3 is 5.32 Å². The van der Waals surface area contributed by atoms with E-state index < -0.39 is 33.4 Å². The number of nitrogens with zero attached hydrogens (tertiary/aromatic N) is 2. The van der Waals surface area contributed by atoms with Crippen molar-refractivity contribution in [3.05, 3.63) is 29.8 Å². The maximum atomic E-state index is 12.8. The molecule has 3 rings (SSSR count). The van der Waals surface area contributed by atoms with Crippen LogP contribution in [0.15, 0.2) is 29.2 Å². The van der Waals surface area contributed by atoms with Gasteiger partial charge in [0.2, 0.25) is 10.0 Å².